The average Bonchev–Trinajstić information content (AvgIpc) is 3.26. The molecule has 3 aromatic rings. The number of aryl methyl sites for hydroxylation is 2. The van der Waals surface area contributed by atoms with Crippen molar-refractivity contribution in [1.82, 2.24) is 20.2 Å². The summed E-state index contributed by atoms with van der Waals surface area (Å²) in [7, 11) is 0. The summed E-state index contributed by atoms with van der Waals surface area (Å²) >= 11 is 0. The van der Waals surface area contributed by atoms with Gasteiger partial charge in [-0.2, -0.15) is 4.98 Å². The van der Waals surface area contributed by atoms with Crippen molar-refractivity contribution in [2.45, 2.75) is 45.6 Å². The van der Waals surface area contributed by atoms with E-state index in [-0.39, 0.29) is 5.41 Å². The lowest BCUT2D eigenvalue weighted by Crippen LogP contribution is -2.44. The highest BCUT2D eigenvalue weighted by atomic mass is 16.5. The first kappa shape index (κ1) is 17.0. The fraction of sp³-hybridized carbons (Fsp3) is 0.450. The molecule has 4 rings (SSSR count). The Morgan fingerprint density at radius 2 is 1.92 bits per heavy atom. The van der Waals surface area contributed by atoms with Gasteiger partial charge in [0, 0.05) is 24.2 Å². The molecule has 1 saturated heterocycles. The molecule has 0 N–H and O–H groups in total. The molecule has 0 radical (unpaired) electrons. The average molecular weight is 352 g/mol. The van der Waals surface area contributed by atoms with E-state index in [1.54, 1.807) is 0 Å². The first-order valence-electron chi connectivity index (χ1n) is 9.09. The first-order valence-corrected chi connectivity index (χ1v) is 9.09. The number of rotatable bonds is 4. The van der Waals surface area contributed by atoms with Crippen molar-refractivity contribution in [3.8, 4) is 11.4 Å². The molecule has 2 aromatic heterocycles. The molecule has 0 unspecified atom stereocenters. The molecule has 0 aliphatic carbocycles. The molecular formula is C20H24N4O2. The Bertz CT molecular complexity index is 867. The van der Waals surface area contributed by atoms with E-state index in [9.17, 15) is 0 Å². The van der Waals surface area contributed by atoms with Crippen LogP contribution in [-0.2, 0) is 12.0 Å². The first-order chi connectivity index (χ1) is 12.5. The van der Waals surface area contributed by atoms with Crippen LogP contribution in [0.4, 0.5) is 0 Å². The predicted octanol–water partition coefficient (Wildman–Crippen LogP) is 3.90. The Hall–Kier alpha value is -2.47. The van der Waals surface area contributed by atoms with E-state index in [4.69, 9.17) is 14.0 Å². The normalized spacial score (nSPS) is 21.2. The van der Waals surface area contributed by atoms with Crippen molar-refractivity contribution in [2.24, 2.45) is 0 Å². The van der Waals surface area contributed by atoms with Gasteiger partial charge in [0.2, 0.25) is 11.7 Å². The number of benzene rings is 1. The van der Waals surface area contributed by atoms with Gasteiger partial charge in [0.1, 0.15) is 5.76 Å². The Labute approximate surface area is 153 Å². The number of hydrogen-bond donors (Lipinski definition) is 0. The smallest absolute Gasteiger partial charge is 0.234 e. The van der Waals surface area contributed by atoms with Crippen LogP contribution < -0.4 is 0 Å². The summed E-state index contributed by atoms with van der Waals surface area (Å²) in [6.45, 7) is 8.97. The summed E-state index contributed by atoms with van der Waals surface area (Å²) < 4.78 is 11.0. The zero-order chi connectivity index (χ0) is 18.1. The number of piperidine rings is 1. The van der Waals surface area contributed by atoms with Crippen molar-refractivity contribution in [3.05, 3.63) is 53.2 Å². The molecule has 6 heteroatoms. The predicted molar refractivity (Wildman–Crippen MR) is 97.6 cm³/mol. The van der Waals surface area contributed by atoms with Gasteiger partial charge in [-0.05, 0) is 40.2 Å². The van der Waals surface area contributed by atoms with Gasteiger partial charge in [0.05, 0.1) is 11.1 Å². The molecule has 0 bridgehead atoms. The molecule has 1 aliphatic heterocycles. The van der Waals surface area contributed by atoms with E-state index in [0.717, 1.165) is 55.4 Å². The van der Waals surface area contributed by atoms with Gasteiger partial charge in [0.15, 0.2) is 0 Å². The molecule has 6 nitrogen and oxygen atoms in total. The van der Waals surface area contributed by atoms with E-state index in [1.165, 1.54) is 5.56 Å². The van der Waals surface area contributed by atoms with Crippen LogP contribution >= 0.6 is 0 Å². The molecule has 0 saturated carbocycles. The van der Waals surface area contributed by atoms with E-state index >= 15 is 0 Å². The summed E-state index contributed by atoms with van der Waals surface area (Å²) in [6, 6.07) is 9.96. The lowest BCUT2D eigenvalue weighted by molar-refractivity contribution is 0.123. The molecule has 1 fully saturated rings. The topological polar surface area (TPSA) is 68.2 Å². The summed E-state index contributed by atoms with van der Waals surface area (Å²) in [4.78, 5) is 7.14. The number of aromatic nitrogens is 3. The van der Waals surface area contributed by atoms with E-state index in [0.29, 0.717) is 5.82 Å². The standard InChI is InChI=1S/C20H24N4O2/c1-14-17(15(2)25-22-14)12-24-11-7-10-20(3,13-24)19-21-18(23-26-19)16-8-5-4-6-9-16/h4-6,8-9H,7,10-13H2,1-3H3/t20-/m1/s1. The number of nitrogens with zero attached hydrogens (tertiary/aromatic N) is 4. The van der Waals surface area contributed by atoms with Crippen LogP contribution in [0, 0.1) is 13.8 Å². The molecule has 0 spiro atoms. The van der Waals surface area contributed by atoms with Crippen LogP contribution in [-0.4, -0.2) is 33.3 Å². The largest absolute Gasteiger partial charge is 0.361 e. The minimum atomic E-state index is -0.142. The third kappa shape index (κ3) is 3.17. The van der Waals surface area contributed by atoms with Crippen LogP contribution in [0.5, 0.6) is 0 Å². The Morgan fingerprint density at radius 3 is 2.65 bits per heavy atom. The molecule has 136 valence electrons. The fourth-order valence-corrected chi connectivity index (χ4v) is 3.78. The maximum atomic E-state index is 5.67. The second kappa shape index (κ2) is 6.68. The lowest BCUT2D eigenvalue weighted by Gasteiger charge is -2.38. The molecular weight excluding hydrogens is 328 g/mol. The highest BCUT2D eigenvalue weighted by Gasteiger charge is 2.38. The van der Waals surface area contributed by atoms with Crippen LogP contribution in [0.2, 0.25) is 0 Å². The minimum Gasteiger partial charge on any atom is -0.361 e. The molecule has 0 amide bonds. The fourth-order valence-electron chi connectivity index (χ4n) is 3.78. The quantitative estimate of drug-likeness (QED) is 0.709. The third-order valence-corrected chi connectivity index (χ3v) is 5.31. The summed E-state index contributed by atoms with van der Waals surface area (Å²) in [5.41, 5.74) is 3.00. The summed E-state index contributed by atoms with van der Waals surface area (Å²) in [5.74, 6) is 2.28. The second-order valence-corrected chi connectivity index (χ2v) is 7.47. The van der Waals surface area contributed by atoms with Crippen molar-refractivity contribution in [1.29, 1.82) is 0 Å². The molecule has 1 atom stereocenters. The van der Waals surface area contributed by atoms with Crippen LogP contribution in [0.15, 0.2) is 39.4 Å². The van der Waals surface area contributed by atoms with E-state index in [1.807, 2.05) is 44.2 Å². The van der Waals surface area contributed by atoms with Gasteiger partial charge < -0.3 is 9.05 Å². The third-order valence-electron chi connectivity index (χ3n) is 5.31. The second-order valence-electron chi connectivity index (χ2n) is 7.47. The van der Waals surface area contributed by atoms with Gasteiger partial charge in [-0.1, -0.05) is 40.6 Å². The van der Waals surface area contributed by atoms with Crippen molar-refractivity contribution in [3.63, 3.8) is 0 Å². The Kier molecular flexibility index (Phi) is 4.36. The highest BCUT2D eigenvalue weighted by Crippen LogP contribution is 2.34. The van der Waals surface area contributed by atoms with E-state index < -0.39 is 0 Å². The Morgan fingerprint density at radius 1 is 1.12 bits per heavy atom. The van der Waals surface area contributed by atoms with Gasteiger partial charge in [-0.3, -0.25) is 4.90 Å². The SMILES string of the molecule is Cc1noc(C)c1CN1CCC[C@@](C)(c2nc(-c3ccccc3)no2)C1. The molecule has 3 heterocycles. The van der Waals surface area contributed by atoms with Gasteiger partial charge in [-0.15, -0.1) is 0 Å². The van der Waals surface area contributed by atoms with Crippen LogP contribution in [0.1, 0.15) is 42.7 Å². The highest BCUT2D eigenvalue weighted by molar-refractivity contribution is 5.53. The van der Waals surface area contributed by atoms with Crippen molar-refractivity contribution >= 4 is 0 Å². The number of hydrogen-bond acceptors (Lipinski definition) is 6. The summed E-state index contributed by atoms with van der Waals surface area (Å²) in [6.07, 6.45) is 2.14. The minimum absolute atomic E-state index is 0.142. The zero-order valence-corrected chi connectivity index (χ0v) is 15.5. The number of likely N-dealkylation sites (tertiary alicyclic amines) is 1. The van der Waals surface area contributed by atoms with Gasteiger partial charge >= 0.3 is 0 Å². The van der Waals surface area contributed by atoms with Crippen molar-refractivity contribution in [2.75, 3.05) is 13.1 Å². The van der Waals surface area contributed by atoms with Gasteiger partial charge in [-0.25, -0.2) is 0 Å². The van der Waals surface area contributed by atoms with Gasteiger partial charge in [0.25, 0.3) is 0 Å². The monoisotopic (exact) mass is 352 g/mol. The maximum absolute atomic E-state index is 5.67. The summed E-state index contributed by atoms with van der Waals surface area (Å²) in [5, 5.41) is 8.28. The van der Waals surface area contributed by atoms with Crippen LogP contribution in [0.25, 0.3) is 11.4 Å². The van der Waals surface area contributed by atoms with E-state index in [2.05, 4.69) is 22.1 Å². The van der Waals surface area contributed by atoms with Crippen LogP contribution in [0.3, 0.4) is 0 Å². The molecule has 1 aromatic carbocycles. The van der Waals surface area contributed by atoms with Crippen molar-refractivity contribution < 1.29 is 9.05 Å². The molecule has 1 aliphatic rings. The maximum Gasteiger partial charge on any atom is 0.234 e. The Balaban J connectivity index is 1.54. The lowest BCUT2D eigenvalue weighted by atomic mass is 9.81. The molecule has 26 heavy (non-hydrogen) atoms. The zero-order valence-electron chi connectivity index (χ0n) is 15.5.